The summed E-state index contributed by atoms with van der Waals surface area (Å²) in [5, 5.41) is 12.2. The molecule has 4 N–H and O–H groups in total. The Morgan fingerprint density at radius 3 is 2.28 bits per heavy atom. The van der Waals surface area contributed by atoms with Crippen molar-refractivity contribution in [3.05, 3.63) is 0 Å². The maximum atomic E-state index is 11.9. The quantitative estimate of drug-likeness (QED) is 0.666. The summed E-state index contributed by atoms with van der Waals surface area (Å²) >= 11 is 0. The number of aliphatic hydroxyl groups excluding tert-OH is 1. The van der Waals surface area contributed by atoms with Gasteiger partial charge in [-0.15, -0.1) is 12.4 Å². The largest absolute Gasteiger partial charge is 0.393 e. The number of aliphatic hydroxyl groups is 1. The number of hydrogen-bond acceptors (Lipinski definition) is 3. The number of carbonyl (C=O) groups is 1. The van der Waals surface area contributed by atoms with Crippen molar-refractivity contribution in [3.8, 4) is 0 Å². The second-order valence-electron chi connectivity index (χ2n) is 6.07. The highest BCUT2D eigenvalue weighted by Gasteiger charge is 2.29. The first-order chi connectivity index (χ1) is 7.60. The fourth-order valence-corrected chi connectivity index (χ4v) is 2.03. The molecule has 5 heteroatoms. The molecule has 18 heavy (non-hydrogen) atoms. The Labute approximate surface area is 117 Å². The molecule has 1 amide bonds. The van der Waals surface area contributed by atoms with E-state index in [1.165, 1.54) is 0 Å². The van der Waals surface area contributed by atoms with Crippen LogP contribution >= 0.6 is 12.4 Å². The Morgan fingerprint density at radius 2 is 1.89 bits per heavy atom. The van der Waals surface area contributed by atoms with E-state index in [0.717, 1.165) is 6.42 Å². The molecule has 0 aromatic heterocycles. The van der Waals surface area contributed by atoms with E-state index < -0.39 is 5.54 Å². The highest BCUT2D eigenvalue weighted by Crippen LogP contribution is 2.21. The van der Waals surface area contributed by atoms with Crippen molar-refractivity contribution < 1.29 is 9.90 Å². The van der Waals surface area contributed by atoms with Gasteiger partial charge in [0.1, 0.15) is 0 Å². The monoisotopic (exact) mass is 280 g/mol. The standard InChI is InChI=1S/C13H28N2O2.ClH/c1-6-7-13(5,14)11(17)15-9-12(3,4)8-10(2)16;/h10,16H,6-9,14H2,1-5H3,(H,15,17);1H. The van der Waals surface area contributed by atoms with Crippen molar-refractivity contribution >= 4 is 18.3 Å². The first-order valence-electron chi connectivity index (χ1n) is 6.36. The minimum Gasteiger partial charge on any atom is -0.393 e. The van der Waals surface area contributed by atoms with Gasteiger partial charge in [0, 0.05) is 6.54 Å². The number of halogens is 1. The Kier molecular flexibility index (Phi) is 8.86. The van der Waals surface area contributed by atoms with E-state index in [9.17, 15) is 9.90 Å². The van der Waals surface area contributed by atoms with Crippen molar-refractivity contribution in [1.82, 2.24) is 5.32 Å². The van der Waals surface area contributed by atoms with Gasteiger partial charge in [-0.2, -0.15) is 0 Å². The van der Waals surface area contributed by atoms with Crippen LogP contribution in [0.2, 0.25) is 0 Å². The van der Waals surface area contributed by atoms with Crippen LogP contribution in [0.15, 0.2) is 0 Å². The predicted molar refractivity (Wildman–Crippen MR) is 77.8 cm³/mol. The Bertz CT molecular complexity index is 253. The van der Waals surface area contributed by atoms with Gasteiger partial charge in [0.15, 0.2) is 0 Å². The van der Waals surface area contributed by atoms with Gasteiger partial charge >= 0.3 is 0 Å². The molecular weight excluding hydrogens is 252 g/mol. The summed E-state index contributed by atoms with van der Waals surface area (Å²) in [6, 6.07) is 0. The summed E-state index contributed by atoms with van der Waals surface area (Å²) in [6.07, 6.45) is 1.86. The fourth-order valence-electron chi connectivity index (χ4n) is 2.03. The van der Waals surface area contributed by atoms with Crippen molar-refractivity contribution in [2.45, 2.75) is 65.5 Å². The van der Waals surface area contributed by atoms with E-state index >= 15 is 0 Å². The topological polar surface area (TPSA) is 75.4 Å². The van der Waals surface area contributed by atoms with Gasteiger partial charge in [-0.1, -0.05) is 27.2 Å². The molecule has 0 fully saturated rings. The van der Waals surface area contributed by atoms with Crippen LogP contribution in [0.25, 0.3) is 0 Å². The second kappa shape index (κ2) is 7.97. The van der Waals surface area contributed by atoms with Crippen molar-refractivity contribution in [1.29, 1.82) is 0 Å². The van der Waals surface area contributed by atoms with E-state index in [1.54, 1.807) is 13.8 Å². The highest BCUT2D eigenvalue weighted by atomic mass is 35.5. The summed E-state index contributed by atoms with van der Waals surface area (Å²) in [6.45, 7) is 10.1. The lowest BCUT2D eigenvalue weighted by molar-refractivity contribution is -0.126. The number of amides is 1. The van der Waals surface area contributed by atoms with E-state index in [2.05, 4.69) is 5.32 Å². The van der Waals surface area contributed by atoms with Gasteiger partial charge < -0.3 is 16.2 Å². The zero-order chi connectivity index (χ0) is 13.7. The average molecular weight is 281 g/mol. The molecule has 0 aromatic rings. The molecule has 0 radical (unpaired) electrons. The molecular formula is C13H29ClN2O2. The van der Waals surface area contributed by atoms with Crippen LogP contribution in [-0.2, 0) is 4.79 Å². The molecule has 0 heterocycles. The molecule has 0 saturated heterocycles. The minimum atomic E-state index is -0.796. The molecule has 110 valence electrons. The molecule has 0 aliphatic heterocycles. The fraction of sp³-hybridized carbons (Fsp3) is 0.923. The van der Waals surface area contributed by atoms with Gasteiger partial charge in [0.2, 0.25) is 5.91 Å². The Morgan fingerprint density at radius 1 is 1.39 bits per heavy atom. The van der Waals surface area contributed by atoms with Gasteiger partial charge in [-0.05, 0) is 32.1 Å². The Hall–Kier alpha value is -0.320. The van der Waals surface area contributed by atoms with Crippen LogP contribution in [0, 0.1) is 5.41 Å². The van der Waals surface area contributed by atoms with Crippen LogP contribution in [0.3, 0.4) is 0 Å². The lowest BCUT2D eigenvalue weighted by atomic mass is 9.86. The van der Waals surface area contributed by atoms with Gasteiger partial charge in [0.25, 0.3) is 0 Å². The van der Waals surface area contributed by atoms with E-state index in [1.807, 2.05) is 20.8 Å². The maximum Gasteiger partial charge on any atom is 0.239 e. The van der Waals surface area contributed by atoms with E-state index in [0.29, 0.717) is 19.4 Å². The third-order valence-electron chi connectivity index (χ3n) is 2.86. The molecule has 0 aliphatic carbocycles. The highest BCUT2D eigenvalue weighted by molar-refractivity contribution is 5.85. The number of carbonyl (C=O) groups excluding carboxylic acids is 1. The lowest BCUT2D eigenvalue weighted by Crippen LogP contribution is -2.53. The predicted octanol–water partition coefficient (Wildman–Crippen LogP) is 1.84. The molecule has 0 spiro atoms. The van der Waals surface area contributed by atoms with Crippen LogP contribution in [0.4, 0.5) is 0 Å². The normalized spacial score (nSPS) is 16.4. The van der Waals surface area contributed by atoms with Crippen LogP contribution in [0.1, 0.15) is 53.9 Å². The average Bonchev–Trinajstić information content (AvgIpc) is 2.12. The van der Waals surface area contributed by atoms with Crippen molar-refractivity contribution in [2.24, 2.45) is 11.1 Å². The first-order valence-corrected chi connectivity index (χ1v) is 6.36. The van der Waals surface area contributed by atoms with E-state index in [4.69, 9.17) is 5.73 Å². The molecule has 0 aromatic carbocycles. The minimum absolute atomic E-state index is 0. The number of hydrogen-bond donors (Lipinski definition) is 3. The molecule has 4 nitrogen and oxygen atoms in total. The SMILES string of the molecule is CCCC(C)(N)C(=O)NCC(C)(C)CC(C)O.Cl. The summed E-state index contributed by atoms with van der Waals surface area (Å²) in [7, 11) is 0. The zero-order valence-electron chi connectivity index (χ0n) is 12.2. The summed E-state index contributed by atoms with van der Waals surface area (Å²) in [5.74, 6) is -0.113. The third kappa shape index (κ3) is 7.90. The number of nitrogens with two attached hydrogens (primary N) is 1. The lowest BCUT2D eigenvalue weighted by Gasteiger charge is -2.29. The smallest absolute Gasteiger partial charge is 0.239 e. The summed E-state index contributed by atoms with van der Waals surface area (Å²) in [4.78, 5) is 11.9. The first kappa shape index (κ1) is 20.0. The van der Waals surface area contributed by atoms with Crippen molar-refractivity contribution in [3.63, 3.8) is 0 Å². The Balaban J connectivity index is 0. The molecule has 2 atom stereocenters. The summed E-state index contributed by atoms with van der Waals surface area (Å²) in [5.41, 5.74) is 5.03. The molecule has 2 unspecified atom stereocenters. The van der Waals surface area contributed by atoms with Crippen molar-refractivity contribution in [2.75, 3.05) is 6.54 Å². The van der Waals surface area contributed by atoms with Crippen LogP contribution in [0.5, 0.6) is 0 Å². The number of rotatable bonds is 7. The van der Waals surface area contributed by atoms with Crippen LogP contribution < -0.4 is 11.1 Å². The summed E-state index contributed by atoms with van der Waals surface area (Å²) < 4.78 is 0. The second-order valence-corrected chi connectivity index (χ2v) is 6.07. The molecule has 0 bridgehead atoms. The molecule has 0 rings (SSSR count). The number of nitrogens with one attached hydrogen (secondary N) is 1. The van der Waals surface area contributed by atoms with Gasteiger partial charge in [0.05, 0.1) is 11.6 Å². The zero-order valence-corrected chi connectivity index (χ0v) is 13.1. The van der Waals surface area contributed by atoms with Gasteiger partial charge in [-0.25, -0.2) is 0 Å². The van der Waals surface area contributed by atoms with Crippen LogP contribution in [-0.4, -0.2) is 29.2 Å². The van der Waals surface area contributed by atoms with E-state index in [-0.39, 0.29) is 29.8 Å². The maximum absolute atomic E-state index is 11.9. The van der Waals surface area contributed by atoms with Gasteiger partial charge in [-0.3, -0.25) is 4.79 Å². The molecule has 0 saturated carbocycles. The molecule has 0 aliphatic rings. The third-order valence-corrected chi connectivity index (χ3v) is 2.86.